The van der Waals surface area contributed by atoms with Gasteiger partial charge >= 0.3 is 0 Å². The van der Waals surface area contributed by atoms with E-state index in [0.29, 0.717) is 35.9 Å². The smallest absolute Gasteiger partial charge is 0.275 e. The minimum Gasteiger partial charge on any atom is -0.343 e. The van der Waals surface area contributed by atoms with Crippen molar-refractivity contribution in [3.05, 3.63) is 105 Å². The molecule has 4 rings (SSSR count). The van der Waals surface area contributed by atoms with Gasteiger partial charge in [0.15, 0.2) is 0 Å². The zero-order chi connectivity index (χ0) is 24.8. The summed E-state index contributed by atoms with van der Waals surface area (Å²) in [6.45, 7) is 5.64. The Labute approximate surface area is 214 Å². The molecule has 0 spiro atoms. The lowest BCUT2D eigenvalue weighted by Gasteiger charge is -2.23. The number of halogens is 1. The third-order valence-corrected chi connectivity index (χ3v) is 6.72. The minimum absolute atomic E-state index is 0.0884. The summed E-state index contributed by atoms with van der Waals surface area (Å²) in [4.78, 5) is 32.1. The molecule has 0 atom stereocenters. The molecule has 2 aromatic carbocycles. The lowest BCUT2D eigenvalue weighted by atomic mass is 10.2. The van der Waals surface area contributed by atoms with Crippen LogP contribution in [0.3, 0.4) is 0 Å². The fraction of sp³-hybridized carbons (Fsp3) is 0.222. The van der Waals surface area contributed by atoms with Crippen LogP contribution in [0.25, 0.3) is 0 Å². The normalized spacial score (nSPS) is 10.8. The number of nitrogens with zero attached hydrogens (tertiary/aromatic N) is 3. The van der Waals surface area contributed by atoms with E-state index in [1.54, 1.807) is 17.5 Å². The zero-order valence-electron chi connectivity index (χ0n) is 19.7. The Balaban J connectivity index is 1.45. The van der Waals surface area contributed by atoms with Crippen LogP contribution in [-0.4, -0.2) is 32.8 Å². The zero-order valence-corrected chi connectivity index (χ0v) is 21.3. The van der Waals surface area contributed by atoms with E-state index in [-0.39, 0.29) is 11.8 Å². The van der Waals surface area contributed by atoms with Gasteiger partial charge in [-0.15, -0.1) is 11.3 Å². The molecule has 0 aliphatic rings. The summed E-state index contributed by atoms with van der Waals surface area (Å²) in [5.74, 6) is -0.321. The number of rotatable bonds is 9. The number of anilines is 1. The Hall–Kier alpha value is -3.42. The molecule has 0 saturated carbocycles. The van der Waals surface area contributed by atoms with Crippen molar-refractivity contribution in [3.8, 4) is 0 Å². The Morgan fingerprint density at radius 3 is 2.60 bits per heavy atom. The standard InChI is InChI=1S/C27H27ClN4O2S/c1-3-14-32(27(34)22-8-4-5-9-23(22)28)16-21-7-6-15-31(21)17-25-30-24(18-35-25)26(33)29-20-12-10-19(2)11-13-20/h4-13,15,18H,3,14,16-17H2,1-2H3,(H,29,33). The highest BCUT2D eigenvalue weighted by atomic mass is 35.5. The topological polar surface area (TPSA) is 67.2 Å². The first-order valence-corrected chi connectivity index (χ1v) is 12.7. The van der Waals surface area contributed by atoms with Gasteiger partial charge < -0.3 is 14.8 Å². The summed E-state index contributed by atoms with van der Waals surface area (Å²) in [5, 5.41) is 5.92. The fourth-order valence-electron chi connectivity index (χ4n) is 3.74. The first-order chi connectivity index (χ1) is 16.9. The summed E-state index contributed by atoms with van der Waals surface area (Å²) >= 11 is 7.72. The van der Waals surface area contributed by atoms with E-state index in [9.17, 15) is 9.59 Å². The van der Waals surface area contributed by atoms with Gasteiger partial charge in [0.25, 0.3) is 11.8 Å². The van der Waals surface area contributed by atoms with Gasteiger partial charge in [0.1, 0.15) is 10.7 Å². The lowest BCUT2D eigenvalue weighted by molar-refractivity contribution is 0.0739. The van der Waals surface area contributed by atoms with E-state index in [1.807, 2.05) is 73.5 Å². The van der Waals surface area contributed by atoms with Gasteiger partial charge in [-0.3, -0.25) is 9.59 Å². The van der Waals surface area contributed by atoms with Crippen molar-refractivity contribution in [2.45, 2.75) is 33.4 Å². The van der Waals surface area contributed by atoms with E-state index < -0.39 is 0 Å². The highest BCUT2D eigenvalue weighted by molar-refractivity contribution is 7.09. The molecule has 180 valence electrons. The molecule has 0 bridgehead atoms. The highest BCUT2D eigenvalue weighted by Crippen LogP contribution is 2.20. The van der Waals surface area contributed by atoms with Crippen molar-refractivity contribution < 1.29 is 9.59 Å². The molecule has 1 N–H and O–H groups in total. The third-order valence-electron chi connectivity index (χ3n) is 5.56. The van der Waals surface area contributed by atoms with Crippen LogP contribution in [0.2, 0.25) is 5.02 Å². The van der Waals surface area contributed by atoms with E-state index in [0.717, 1.165) is 28.4 Å². The van der Waals surface area contributed by atoms with E-state index in [1.165, 1.54) is 11.3 Å². The molecule has 0 unspecified atom stereocenters. The van der Waals surface area contributed by atoms with E-state index in [2.05, 4.69) is 14.9 Å². The molecular weight excluding hydrogens is 480 g/mol. The van der Waals surface area contributed by atoms with Crippen molar-refractivity contribution in [1.29, 1.82) is 0 Å². The summed E-state index contributed by atoms with van der Waals surface area (Å²) < 4.78 is 2.06. The van der Waals surface area contributed by atoms with Crippen LogP contribution in [0.15, 0.2) is 72.2 Å². The number of thiazole rings is 1. The molecule has 0 aliphatic heterocycles. The number of hydrogen-bond donors (Lipinski definition) is 1. The number of hydrogen-bond acceptors (Lipinski definition) is 4. The van der Waals surface area contributed by atoms with Crippen LogP contribution < -0.4 is 5.32 Å². The first-order valence-electron chi connectivity index (χ1n) is 11.4. The maximum atomic E-state index is 13.2. The number of carbonyl (C=O) groups is 2. The molecule has 35 heavy (non-hydrogen) atoms. The number of nitrogens with one attached hydrogen (secondary N) is 1. The van der Waals surface area contributed by atoms with Gasteiger partial charge in [-0.05, 0) is 49.7 Å². The second-order valence-corrected chi connectivity index (χ2v) is 9.63. The van der Waals surface area contributed by atoms with Crippen LogP contribution in [0.4, 0.5) is 5.69 Å². The Kier molecular flexibility index (Phi) is 8.00. The summed E-state index contributed by atoms with van der Waals surface area (Å²) in [6.07, 6.45) is 2.80. The van der Waals surface area contributed by atoms with Gasteiger partial charge in [-0.2, -0.15) is 0 Å². The Morgan fingerprint density at radius 1 is 1.09 bits per heavy atom. The molecule has 6 nitrogen and oxygen atoms in total. The van der Waals surface area contributed by atoms with Gasteiger partial charge in [-0.25, -0.2) is 4.98 Å². The molecule has 0 saturated heterocycles. The number of amides is 2. The van der Waals surface area contributed by atoms with Crippen molar-refractivity contribution >= 4 is 40.4 Å². The molecule has 2 amide bonds. The first kappa shape index (κ1) is 24.7. The molecule has 0 radical (unpaired) electrons. The predicted octanol–water partition coefficient (Wildman–Crippen LogP) is 6.26. The number of aromatic nitrogens is 2. The van der Waals surface area contributed by atoms with Gasteiger partial charge in [-0.1, -0.05) is 48.4 Å². The number of carbonyl (C=O) groups excluding carboxylic acids is 2. The largest absolute Gasteiger partial charge is 0.343 e. The maximum absolute atomic E-state index is 13.2. The number of benzene rings is 2. The van der Waals surface area contributed by atoms with Crippen LogP contribution in [-0.2, 0) is 13.1 Å². The Morgan fingerprint density at radius 2 is 1.86 bits per heavy atom. The second-order valence-electron chi connectivity index (χ2n) is 8.28. The average molecular weight is 507 g/mol. The molecule has 0 aliphatic carbocycles. The molecular formula is C27H27ClN4O2S. The Bertz CT molecular complexity index is 1310. The van der Waals surface area contributed by atoms with Crippen LogP contribution in [0.1, 0.15) is 50.5 Å². The van der Waals surface area contributed by atoms with Gasteiger partial charge in [0.05, 0.1) is 23.7 Å². The van der Waals surface area contributed by atoms with Crippen molar-refractivity contribution in [1.82, 2.24) is 14.5 Å². The van der Waals surface area contributed by atoms with E-state index >= 15 is 0 Å². The quantitative estimate of drug-likeness (QED) is 0.291. The fourth-order valence-corrected chi connectivity index (χ4v) is 4.72. The van der Waals surface area contributed by atoms with Crippen molar-refractivity contribution in [2.75, 3.05) is 11.9 Å². The third kappa shape index (κ3) is 6.18. The number of aryl methyl sites for hydroxylation is 1. The predicted molar refractivity (Wildman–Crippen MR) is 141 cm³/mol. The summed E-state index contributed by atoms with van der Waals surface area (Å²) in [6, 6.07) is 18.7. The lowest BCUT2D eigenvalue weighted by Crippen LogP contribution is -2.32. The second kappa shape index (κ2) is 11.3. The molecule has 4 aromatic rings. The van der Waals surface area contributed by atoms with Crippen LogP contribution >= 0.6 is 22.9 Å². The van der Waals surface area contributed by atoms with Crippen molar-refractivity contribution in [2.24, 2.45) is 0 Å². The monoisotopic (exact) mass is 506 g/mol. The van der Waals surface area contributed by atoms with Gasteiger partial charge in [0, 0.05) is 29.5 Å². The molecule has 0 fully saturated rings. The van der Waals surface area contributed by atoms with Crippen LogP contribution in [0, 0.1) is 6.92 Å². The summed E-state index contributed by atoms with van der Waals surface area (Å²) in [7, 11) is 0. The maximum Gasteiger partial charge on any atom is 0.275 e. The minimum atomic E-state index is -0.233. The molecule has 2 aromatic heterocycles. The van der Waals surface area contributed by atoms with Gasteiger partial charge in [0.2, 0.25) is 0 Å². The SMILES string of the molecule is CCCN(Cc1cccn1Cc1nc(C(=O)Nc2ccc(C)cc2)cs1)C(=O)c1ccccc1Cl. The molecule has 2 heterocycles. The van der Waals surface area contributed by atoms with Crippen molar-refractivity contribution in [3.63, 3.8) is 0 Å². The van der Waals surface area contributed by atoms with E-state index in [4.69, 9.17) is 11.6 Å². The van der Waals surface area contributed by atoms with Crippen LogP contribution in [0.5, 0.6) is 0 Å². The summed E-state index contributed by atoms with van der Waals surface area (Å²) in [5.41, 5.74) is 3.75. The average Bonchev–Trinajstić information content (AvgIpc) is 3.50. The highest BCUT2D eigenvalue weighted by Gasteiger charge is 2.19. The molecule has 8 heteroatoms.